The summed E-state index contributed by atoms with van der Waals surface area (Å²) in [6, 6.07) is 5.14. The molecule has 2 rings (SSSR count). The van der Waals surface area contributed by atoms with E-state index in [0.717, 1.165) is 18.7 Å². The summed E-state index contributed by atoms with van der Waals surface area (Å²) < 4.78 is 31.4. The minimum atomic E-state index is -3.46. The predicted molar refractivity (Wildman–Crippen MR) is 73.3 cm³/mol. The van der Waals surface area contributed by atoms with Crippen molar-refractivity contribution in [3.63, 3.8) is 0 Å². The van der Waals surface area contributed by atoms with E-state index < -0.39 is 10.0 Å². The number of nitrogens with zero attached hydrogens (tertiary/aromatic N) is 1. The molecule has 1 aromatic carbocycles. The molecule has 1 aliphatic heterocycles. The molecule has 1 aromatic rings. The summed E-state index contributed by atoms with van der Waals surface area (Å²) in [5, 5.41) is 3.21. The predicted octanol–water partition coefficient (Wildman–Crippen LogP) is 0.945. The molecule has 1 unspecified atom stereocenters. The fourth-order valence-corrected chi connectivity index (χ4v) is 3.58. The fourth-order valence-electron chi connectivity index (χ4n) is 2.18. The molecule has 0 amide bonds. The molecule has 0 aromatic heterocycles. The maximum absolute atomic E-state index is 12.5. The van der Waals surface area contributed by atoms with Crippen LogP contribution in [0.25, 0.3) is 0 Å². The summed E-state index contributed by atoms with van der Waals surface area (Å²) in [5.41, 5.74) is 2.24. The molecule has 0 saturated heterocycles. The average molecular weight is 284 g/mol. The molecule has 6 heteroatoms. The van der Waals surface area contributed by atoms with Gasteiger partial charge in [0.05, 0.1) is 11.5 Å². The Balaban J connectivity index is 2.29. The average Bonchev–Trinajstić information content (AvgIpc) is 2.85. The zero-order chi connectivity index (χ0) is 14.0. The van der Waals surface area contributed by atoms with E-state index in [2.05, 4.69) is 5.32 Å². The fraction of sp³-hybridized carbons (Fsp3) is 0.538. The number of benzene rings is 1. The molecular weight excluding hydrogens is 264 g/mol. The van der Waals surface area contributed by atoms with Gasteiger partial charge >= 0.3 is 0 Å². The molecular formula is C13H20N2O3S. The molecule has 1 N–H and O–H groups in total. The lowest BCUT2D eigenvalue weighted by Gasteiger charge is -2.23. The molecule has 0 saturated carbocycles. The Labute approximate surface area is 114 Å². The van der Waals surface area contributed by atoms with Crippen LogP contribution in [0.15, 0.2) is 23.1 Å². The van der Waals surface area contributed by atoms with Crippen molar-refractivity contribution < 1.29 is 13.2 Å². The van der Waals surface area contributed by atoms with E-state index in [1.54, 1.807) is 26.3 Å². The van der Waals surface area contributed by atoms with Gasteiger partial charge in [0.15, 0.2) is 0 Å². The second kappa shape index (κ2) is 5.58. The van der Waals surface area contributed by atoms with E-state index in [-0.39, 0.29) is 6.04 Å². The lowest BCUT2D eigenvalue weighted by atomic mass is 10.1. The molecule has 5 nitrogen and oxygen atoms in total. The standard InChI is InChI=1S/C13H20N2O3S/c1-10(9-18-3)15(2)19(16,17)13-5-4-11-7-14-8-12(11)6-13/h4-6,10,14H,7-9H2,1-3H3. The number of likely N-dealkylation sites (N-methyl/N-ethyl adjacent to an activating group) is 1. The van der Waals surface area contributed by atoms with Gasteiger partial charge < -0.3 is 10.1 Å². The highest BCUT2D eigenvalue weighted by Gasteiger charge is 2.26. The Morgan fingerprint density at radius 1 is 1.37 bits per heavy atom. The molecule has 19 heavy (non-hydrogen) atoms. The van der Waals surface area contributed by atoms with E-state index in [0.29, 0.717) is 11.5 Å². The van der Waals surface area contributed by atoms with Gasteiger partial charge in [-0.25, -0.2) is 8.42 Å². The van der Waals surface area contributed by atoms with Crippen LogP contribution in [-0.2, 0) is 27.8 Å². The number of ether oxygens (including phenoxy) is 1. The van der Waals surface area contributed by atoms with Crippen molar-refractivity contribution in [1.29, 1.82) is 0 Å². The minimum absolute atomic E-state index is 0.193. The zero-order valence-corrected chi connectivity index (χ0v) is 12.3. The number of rotatable bonds is 5. The van der Waals surface area contributed by atoms with Gasteiger partial charge in [-0.1, -0.05) is 6.07 Å². The Morgan fingerprint density at radius 2 is 2.05 bits per heavy atom. The Hall–Kier alpha value is -0.950. The Kier molecular flexibility index (Phi) is 4.25. The smallest absolute Gasteiger partial charge is 0.243 e. The molecule has 1 heterocycles. The van der Waals surface area contributed by atoms with Crippen LogP contribution in [0.2, 0.25) is 0 Å². The SMILES string of the molecule is COCC(C)N(C)S(=O)(=O)c1ccc2c(c1)CNC2. The third-order valence-corrected chi connectivity index (χ3v) is 5.48. The maximum Gasteiger partial charge on any atom is 0.243 e. The van der Waals surface area contributed by atoms with Gasteiger partial charge in [0.25, 0.3) is 0 Å². The quantitative estimate of drug-likeness (QED) is 0.874. The topological polar surface area (TPSA) is 58.6 Å². The van der Waals surface area contributed by atoms with Crippen molar-refractivity contribution in [2.75, 3.05) is 20.8 Å². The number of hydrogen-bond acceptors (Lipinski definition) is 4. The summed E-state index contributed by atoms with van der Waals surface area (Å²) >= 11 is 0. The van der Waals surface area contributed by atoms with E-state index >= 15 is 0 Å². The van der Waals surface area contributed by atoms with E-state index in [9.17, 15) is 8.42 Å². The van der Waals surface area contributed by atoms with Crippen LogP contribution in [0, 0.1) is 0 Å². The van der Waals surface area contributed by atoms with Gasteiger partial charge in [0.1, 0.15) is 0 Å². The normalized spacial score (nSPS) is 16.6. The monoisotopic (exact) mass is 284 g/mol. The highest BCUT2D eigenvalue weighted by atomic mass is 32.2. The second-order valence-corrected chi connectivity index (χ2v) is 6.86. The van der Waals surface area contributed by atoms with Crippen LogP contribution in [0.1, 0.15) is 18.1 Å². The van der Waals surface area contributed by atoms with Crippen molar-refractivity contribution in [2.24, 2.45) is 0 Å². The molecule has 1 atom stereocenters. The first-order chi connectivity index (χ1) is 8.96. The zero-order valence-electron chi connectivity index (χ0n) is 11.5. The third-order valence-electron chi connectivity index (χ3n) is 3.51. The van der Waals surface area contributed by atoms with Crippen molar-refractivity contribution in [3.8, 4) is 0 Å². The summed E-state index contributed by atoms with van der Waals surface area (Å²) in [4.78, 5) is 0.348. The number of sulfonamides is 1. The second-order valence-electron chi connectivity index (χ2n) is 4.86. The summed E-state index contributed by atoms with van der Waals surface area (Å²) in [5.74, 6) is 0. The lowest BCUT2D eigenvalue weighted by Crippen LogP contribution is -2.37. The van der Waals surface area contributed by atoms with Crippen LogP contribution in [0.3, 0.4) is 0 Å². The molecule has 0 aliphatic carbocycles. The van der Waals surface area contributed by atoms with E-state index in [1.165, 1.54) is 9.87 Å². The third kappa shape index (κ3) is 2.81. The van der Waals surface area contributed by atoms with Gasteiger partial charge in [0, 0.05) is 33.3 Å². The first-order valence-corrected chi connectivity index (χ1v) is 7.70. The Bertz CT molecular complexity index is 557. The molecule has 106 valence electrons. The molecule has 0 radical (unpaired) electrons. The van der Waals surface area contributed by atoms with Crippen molar-refractivity contribution in [3.05, 3.63) is 29.3 Å². The maximum atomic E-state index is 12.5. The first-order valence-electron chi connectivity index (χ1n) is 6.26. The first kappa shape index (κ1) is 14.5. The highest BCUT2D eigenvalue weighted by Crippen LogP contribution is 2.23. The lowest BCUT2D eigenvalue weighted by molar-refractivity contribution is 0.149. The number of methoxy groups -OCH3 is 1. The van der Waals surface area contributed by atoms with Crippen molar-refractivity contribution in [1.82, 2.24) is 9.62 Å². The summed E-state index contributed by atoms with van der Waals surface area (Å²) in [6.45, 7) is 3.75. The van der Waals surface area contributed by atoms with Gasteiger partial charge in [-0.2, -0.15) is 4.31 Å². The van der Waals surface area contributed by atoms with Gasteiger partial charge in [-0.15, -0.1) is 0 Å². The van der Waals surface area contributed by atoms with Crippen LogP contribution < -0.4 is 5.32 Å². The van der Waals surface area contributed by atoms with Crippen LogP contribution in [-0.4, -0.2) is 39.5 Å². The highest BCUT2D eigenvalue weighted by molar-refractivity contribution is 7.89. The number of hydrogen-bond donors (Lipinski definition) is 1. The molecule has 0 spiro atoms. The molecule has 0 bridgehead atoms. The van der Waals surface area contributed by atoms with Gasteiger partial charge in [-0.3, -0.25) is 0 Å². The minimum Gasteiger partial charge on any atom is -0.383 e. The van der Waals surface area contributed by atoms with Gasteiger partial charge in [-0.05, 0) is 30.2 Å². The molecule has 1 aliphatic rings. The van der Waals surface area contributed by atoms with Crippen molar-refractivity contribution in [2.45, 2.75) is 31.0 Å². The van der Waals surface area contributed by atoms with Gasteiger partial charge in [0.2, 0.25) is 10.0 Å². The largest absolute Gasteiger partial charge is 0.383 e. The van der Waals surface area contributed by atoms with Crippen LogP contribution in [0.5, 0.6) is 0 Å². The van der Waals surface area contributed by atoms with E-state index in [4.69, 9.17) is 4.74 Å². The number of fused-ring (bicyclic) bond motifs is 1. The summed E-state index contributed by atoms with van der Waals surface area (Å²) in [7, 11) is -0.301. The Morgan fingerprint density at radius 3 is 2.74 bits per heavy atom. The summed E-state index contributed by atoms with van der Waals surface area (Å²) in [6.07, 6.45) is 0. The van der Waals surface area contributed by atoms with Crippen LogP contribution >= 0.6 is 0 Å². The molecule has 0 fully saturated rings. The number of nitrogens with one attached hydrogen (secondary N) is 1. The van der Waals surface area contributed by atoms with E-state index in [1.807, 2.05) is 13.0 Å². The van der Waals surface area contributed by atoms with Crippen molar-refractivity contribution >= 4 is 10.0 Å². The van der Waals surface area contributed by atoms with Crippen LogP contribution in [0.4, 0.5) is 0 Å².